The number of rotatable bonds is 5. The lowest BCUT2D eigenvalue weighted by atomic mass is 9.99. The molecule has 2 aliphatic rings. The van der Waals surface area contributed by atoms with Crippen molar-refractivity contribution in [2.45, 2.75) is 0 Å². The Morgan fingerprint density at radius 3 is 1.92 bits per heavy atom. The molecule has 37 heavy (non-hydrogen) atoms. The standard InChI is InChI=1S/C27H20F2N3O5/c1-30(2)21-8-3-17(4-9-21)5-10-22-13-20(18-6-11-23(28)25(14-18)31(33)34)16-27(37-22)19-7-12-24(29)26(15-19)32(35)36/h3-16H,1-2H3/q+1/b22-10+. The smallest absolute Gasteiger partial charge is 0.305 e. The molecule has 0 saturated heterocycles. The third-order valence-corrected chi connectivity index (χ3v) is 5.57. The molecule has 186 valence electrons. The van der Waals surface area contributed by atoms with Crippen LogP contribution >= 0.6 is 0 Å². The summed E-state index contributed by atoms with van der Waals surface area (Å²) >= 11 is 0. The zero-order valence-electron chi connectivity index (χ0n) is 19.7. The summed E-state index contributed by atoms with van der Waals surface area (Å²) in [7, 11) is 3.85. The fourth-order valence-corrected chi connectivity index (χ4v) is 3.61. The highest BCUT2D eigenvalue weighted by molar-refractivity contribution is 6.02. The van der Waals surface area contributed by atoms with Gasteiger partial charge in [0, 0.05) is 29.8 Å². The van der Waals surface area contributed by atoms with Gasteiger partial charge in [-0.3, -0.25) is 20.2 Å². The van der Waals surface area contributed by atoms with E-state index in [-0.39, 0.29) is 11.3 Å². The van der Waals surface area contributed by atoms with Gasteiger partial charge in [-0.05, 0) is 65.3 Å². The van der Waals surface area contributed by atoms with Crippen LogP contribution in [0.4, 0.5) is 20.2 Å². The third-order valence-electron chi connectivity index (χ3n) is 5.57. The van der Waals surface area contributed by atoms with Gasteiger partial charge in [0.15, 0.2) is 5.71 Å². The summed E-state index contributed by atoms with van der Waals surface area (Å²) in [4.78, 5) is 20.8. The van der Waals surface area contributed by atoms with Gasteiger partial charge in [-0.2, -0.15) is 8.78 Å². The van der Waals surface area contributed by atoms with Crippen molar-refractivity contribution < 1.29 is 27.9 Å². The second-order valence-corrected chi connectivity index (χ2v) is 8.28. The van der Waals surface area contributed by atoms with Gasteiger partial charge in [-0.25, -0.2) is 4.58 Å². The van der Waals surface area contributed by atoms with Gasteiger partial charge in [0.25, 0.3) is 0 Å². The summed E-state index contributed by atoms with van der Waals surface area (Å²) < 4.78 is 35.7. The van der Waals surface area contributed by atoms with E-state index in [4.69, 9.17) is 4.74 Å². The van der Waals surface area contributed by atoms with Crippen molar-refractivity contribution in [1.29, 1.82) is 0 Å². The maximum atomic E-state index is 13.9. The molecular weight excluding hydrogens is 484 g/mol. The van der Waals surface area contributed by atoms with Gasteiger partial charge in [0.1, 0.15) is 25.6 Å². The molecule has 1 aliphatic carbocycles. The summed E-state index contributed by atoms with van der Waals surface area (Å²) in [6.45, 7) is 0. The minimum atomic E-state index is -1.000. The predicted octanol–water partition coefficient (Wildman–Crippen LogP) is 5.89. The van der Waals surface area contributed by atoms with Crippen LogP contribution < -0.4 is 0 Å². The highest BCUT2D eigenvalue weighted by Gasteiger charge is 2.21. The van der Waals surface area contributed by atoms with Crippen LogP contribution in [0.25, 0.3) is 11.3 Å². The van der Waals surface area contributed by atoms with E-state index in [1.54, 1.807) is 18.2 Å². The molecule has 0 saturated carbocycles. The Kier molecular flexibility index (Phi) is 7.01. The number of halogens is 2. The average Bonchev–Trinajstić information content (AvgIpc) is 2.87. The average molecular weight is 504 g/mol. The van der Waals surface area contributed by atoms with Crippen molar-refractivity contribution in [3.8, 4) is 0 Å². The maximum Gasteiger partial charge on any atom is 0.305 e. The fraction of sp³-hybridized carbons (Fsp3) is 0.0741. The summed E-state index contributed by atoms with van der Waals surface area (Å²) in [5, 5.41) is 22.5. The second kappa shape index (κ2) is 10.3. The van der Waals surface area contributed by atoms with E-state index in [1.165, 1.54) is 18.2 Å². The van der Waals surface area contributed by atoms with Crippen molar-refractivity contribution >= 4 is 28.4 Å². The number of nitro groups is 2. The first kappa shape index (κ1) is 25.1. The van der Waals surface area contributed by atoms with E-state index in [0.717, 1.165) is 35.6 Å². The maximum absolute atomic E-state index is 13.9. The van der Waals surface area contributed by atoms with E-state index in [2.05, 4.69) is 0 Å². The van der Waals surface area contributed by atoms with Gasteiger partial charge in [-0.1, -0.05) is 12.1 Å². The summed E-state index contributed by atoms with van der Waals surface area (Å²) in [5.41, 5.74) is 1.43. The van der Waals surface area contributed by atoms with Crippen molar-refractivity contribution in [3.63, 3.8) is 0 Å². The number of nitrogens with zero attached hydrogens (tertiary/aromatic N) is 3. The molecule has 0 spiro atoms. The molecule has 2 aromatic carbocycles. The number of benzene rings is 2. The van der Waals surface area contributed by atoms with E-state index >= 15 is 0 Å². The summed E-state index contributed by atoms with van der Waals surface area (Å²) in [6.07, 6.45) is 14.2. The first-order valence-electron chi connectivity index (χ1n) is 10.9. The molecule has 0 unspecified atom stereocenters. The van der Waals surface area contributed by atoms with E-state index < -0.39 is 32.9 Å². The monoisotopic (exact) mass is 504 g/mol. The number of hydrogen-bond acceptors (Lipinski definition) is 5. The quantitative estimate of drug-likeness (QED) is 0.287. The lowest BCUT2D eigenvalue weighted by Gasteiger charge is -2.18. The van der Waals surface area contributed by atoms with Crippen molar-refractivity contribution in [2.24, 2.45) is 0 Å². The van der Waals surface area contributed by atoms with Crippen molar-refractivity contribution in [1.82, 2.24) is 0 Å². The van der Waals surface area contributed by atoms with E-state index in [1.807, 2.05) is 43.0 Å². The van der Waals surface area contributed by atoms with E-state index in [0.29, 0.717) is 16.9 Å². The van der Waals surface area contributed by atoms with Gasteiger partial charge in [0.05, 0.1) is 9.85 Å². The molecule has 0 radical (unpaired) electrons. The minimum Gasteiger partial charge on any atom is -0.457 e. The van der Waals surface area contributed by atoms with Crippen LogP contribution in [0.15, 0.2) is 96.3 Å². The van der Waals surface area contributed by atoms with Gasteiger partial charge >= 0.3 is 11.4 Å². The molecule has 0 aromatic heterocycles. The zero-order valence-corrected chi connectivity index (χ0v) is 19.7. The molecule has 0 N–H and O–H groups in total. The molecule has 10 heteroatoms. The van der Waals surface area contributed by atoms with Crippen LogP contribution in [-0.4, -0.2) is 34.2 Å². The zero-order chi connectivity index (χ0) is 26.7. The molecule has 4 rings (SSSR count). The van der Waals surface area contributed by atoms with Crippen LogP contribution in [0.2, 0.25) is 0 Å². The Bertz CT molecular complexity index is 1520. The minimum absolute atomic E-state index is 0.148. The number of ether oxygens (including phenoxy) is 1. The molecule has 0 amide bonds. The van der Waals surface area contributed by atoms with Crippen LogP contribution in [0, 0.1) is 31.9 Å². The Labute approximate surface area is 210 Å². The molecule has 0 atom stereocenters. The Hall–Kier alpha value is -4.99. The number of allylic oxidation sites excluding steroid dienone is 10. The number of hydrogen-bond donors (Lipinski definition) is 0. The second-order valence-electron chi connectivity index (χ2n) is 8.28. The highest BCUT2D eigenvalue weighted by atomic mass is 19.1. The molecule has 0 bridgehead atoms. The molecule has 0 fully saturated rings. The van der Waals surface area contributed by atoms with Crippen LogP contribution in [0.5, 0.6) is 0 Å². The van der Waals surface area contributed by atoms with Crippen molar-refractivity contribution in [2.75, 3.05) is 14.1 Å². The Morgan fingerprint density at radius 2 is 1.35 bits per heavy atom. The SMILES string of the molecule is C[N+](C)=C1C=CC(=C/C=C2\C=C(c3ccc(F)c([N+](=O)[O-])c3)C=C(c3ccc(F)c([N+](=O)[O-])c3)O2)C=C1. The Morgan fingerprint density at radius 1 is 0.784 bits per heavy atom. The lowest BCUT2D eigenvalue weighted by Crippen LogP contribution is -2.09. The lowest BCUT2D eigenvalue weighted by molar-refractivity contribution is -0.462. The van der Waals surface area contributed by atoms with Crippen LogP contribution in [0.3, 0.4) is 0 Å². The molecule has 1 aliphatic heterocycles. The van der Waals surface area contributed by atoms with Gasteiger partial charge in [0.2, 0.25) is 11.6 Å². The van der Waals surface area contributed by atoms with Gasteiger partial charge < -0.3 is 4.74 Å². The fourth-order valence-electron chi connectivity index (χ4n) is 3.61. The topological polar surface area (TPSA) is 98.5 Å². The van der Waals surface area contributed by atoms with Crippen LogP contribution in [0.1, 0.15) is 11.1 Å². The molecule has 8 nitrogen and oxygen atoms in total. The van der Waals surface area contributed by atoms with Crippen LogP contribution in [-0.2, 0) is 4.74 Å². The Balaban J connectivity index is 1.79. The summed E-state index contributed by atoms with van der Waals surface area (Å²) in [5.74, 6) is -1.52. The third kappa shape index (κ3) is 5.64. The van der Waals surface area contributed by atoms with E-state index in [9.17, 15) is 29.0 Å². The first-order valence-corrected chi connectivity index (χ1v) is 10.9. The normalized spacial score (nSPS) is 15.7. The first-order chi connectivity index (χ1) is 17.6. The number of nitro benzene ring substituents is 2. The van der Waals surface area contributed by atoms with Crippen molar-refractivity contribution in [3.05, 3.63) is 139 Å². The molecule has 1 heterocycles. The summed E-state index contributed by atoms with van der Waals surface area (Å²) in [6, 6.07) is 6.78. The predicted molar refractivity (Wildman–Crippen MR) is 135 cm³/mol. The van der Waals surface area contributed by atoms with Gasteiger partial charge in [-0.15, -0.1) is 0 Å². The largest absolute Gasteiger partial charge is 0.457 e. The molecular formula is C27H20F2N3O5+. The molecule has 2 aromatic rings. The highest BCUT2D eigenvalue weighted by Crippen LogP contribution is 2.35.